The van der Waals surface area contributed by atoms with Gasteiger partial charge in [-0.2, -0.15) is 0 Å². The van der Waals surface area contributed by atoms with Crippen molar-refractivity contribution in [2.75, 3.05) is 39.8 Å². The number of carbonyl (C=O) groups excluding carboxylic acids is 1. The first-order valence-electron chi connectivity index (χ1n) is 7.34. The van der Waals surface area contributed by atoms with Crippen LogP contribution in [0, 0.1) is 0 Å². The van der Waals surface area contributed by atoms with Gasteiger partial charge in [-0.15, -0.1) is 0 Å². The summed E-state index contributed by atoms with van der Waals surface area (Å²) in [5.74, 6) is -0.108. The third kappa shape index (κ3) is 5.43. The molecule has 1 aromatic rings. The summed E-state index contributed by atoms with van der Waals surface area (Å²) >= 11 is 0. The molecule has 1 saturated heterocycles. The minimum absolute atomic E-state index is 0.108. The predicted molar refractivity (Wildman–Crippen MR) is 81.5 cm³/mol. The molecular weight excluding hydrogens is 268 g/mol. The Bertz CT molecular complexity index is 427. The standard InChI is InChI=1S/C15H24N4O2/c1-19-10-9-16-7-8-17-11-14(19)15(20)18-21-12-13-5-3-2-4-6-13/h2-6,14,16-17H,7-12H2,1H3,(H,18,20). The van der Waals surface area contributed by atoms with Crippen LogP contribution in [0.4, 0.5) is 0 Å². The SMILES string of the molecule is CN1CCNCCNCC1C(=O)NOCc1ccccc1. The van der Waals surface area contributed by atoms with E-state index in [-0.39, 0.29) is 11.9 Å². The van der Waals surface area contributed by atoms with E-state index >= 15 is 0 Å². The molecule has 6 nitrogen and oxygen atoms in total. The largest absolute Gasteiger partial charge is 0.314 e. The molecule has 1 heterocycles. The number of hydrogen-bond acceptors (Lipinski definition) is 5. The van der Waals surface area contributed by atoms with E-state index < -0.39 is 0 Å². The Morgan fingerprint density at radius 3 is 2.86 bits per heavy atom. The summed E-state index contributed by atoms with van der Waals surface area (Å²) in [4.78, 5) is 19.6. The summed E-state index contributed by atoms with van der Waals surface area (Å²) in [7, 11) is 1.95. The first kappa shape index (κ1) is 15.9. The van der Waals surface area contributed by atoms with Gasteiger partial charge in [0.25, 0.3) is 5.91 Å². The van der Waals surface area contributed by atoms with Crippen LogP contribution in [0.3, 0.4) is 0 Å². The first-order chi connectivity index (χ1) is 10.3. The van der Waals surface area contributed by atoms with E-state index in [2.05, 4.69) is 16.1 Å². The van der Waals surface area contributed by atoms with Crippen LogP contribution in [-0.2, 0) is 16.2 Å². The van der Waals surface area contributed by atoms with Crippen LogP contribution in [0.5, 0.6) is 0 Å². The van der Waals surface area contributed by atoms with E-state index in [1.54, 1.807) is 0 Å². The number of nitrogens with one attached hydrogen (secondary N) is 3. The smallest absolute Gasteiger partial charge is 0.262 e. The average Bonchev–Trinajstić information content (AvgIpc) is 2.60. The summed E-state index contributed by atoms with van der Waals surface area (Å²) < 4.78 is 0. The van der Waals surface area contributed by atoms with Gasteiger partial charge in [0, 0.05) is 32.7 Å². The van der Waals surface area contributed by atoms with Crippen molar-refractivity contribution in [3.8, 4) is 0 Å². The zero-order valence-electron chi connectivity index (χ0n) is 12.5. The molecule has 1 aromatic carbocycles. The highest BCUT2D eigenvalue weighted by atomic mass is 16.6. The minimum atomic E-state index is -0.222. The van der Waals surface area contributed by atoms with Crippen molar-refractivity contribution < 1.29 is 9.63 Å². The zero-order chi connectivity index (χ0) is 14.9. The maximum atomic E-state index is 12.2. The van der Waals surface area contributed by atoms with Crippen molar-refractivity contribution in [3.63, 3.8) is 0 Å². The molecule has 2 rings (SSSR count). The number of benzene rings is 1. The average molecular weight is 292 g/mol. The molecule has 1 aliphatic heterocycles. The van der Waals surface area contributed by atoms with Gasteiger partial charge in [-0.05, 0) is 12.6 Å². The van der Waals surface area contributed by atoms with Crippen LogP contribution in [0.1, 0.15) is 5.56 Å². The molecule has 6 heteroatoms. The van der Waals surface area contributed by atoms with Crippen molar-refractivity contribution in [1.82, 2.24) is 21.0 Å². The second-order valence-electron chi connectivity index (χ2n) is 5.19. The molecule has 1 atom stereocenters. The Morgan fingerprint density at radius 1 is 1.29 bits per heavy atom. The molecule has 0 aliphatic carbocycles. The van der Waals surface area contributed by atoms with Gasteiger partial charge in [0.05, 0.1) is 6.61 Å². The summed E-state index contributed by atoms with van der Waals surface area (Å²) in [5.41, 5.74) is 3.59. The highest BCUT2D eigenvalue weighted by molar-refractivity contribution is 5.81. The van der Waals surface area contributed by atoms with Crippen molar-refractivity contribution in [2.45, 2.75) is 12.6 Å². The van der Waals surface area contributed by atoms with Gasteiger partial charge < -0.3 is 10.6 Å². The summed E-state index contributed by atoms with van der Waals surface area (Å²) in [6.45, 7) is 4.50. The fourth-order valence-corrected chi connectivity index (χ4v) is 2.23. The molecule has 0 spiro atoms. The van der Waals surface area contributed by atoms with Gasteiger partial charge in [0.2, 0.25) is 0 Å². The Hall–Kier alpha value is -1.47. The number of carbonyl (C=O) groups is 1. The van der Waals surface area contributed by atoms with Crippen molar-refractivity contribution in [3.05, 3.63) is 35.9 Å². The number of hydroxylamine groups is 1. The monoisotopic (exact) mass is 292 g/mol. The molecular formula is C15H24N4O2. The van der Waals surface area contributed by atoms with Gasteiger partial charge >= 0.3 is 0 Å². The molecule has 3 N–H and O–H groups in total. The molecule has 1 aliphatic rings. The van der Waals surface area contributed by atoms with Crippen molar-refractivity contribution >= 4 is 5.91 Å². The van der Waals surface area contributed by atoms with E-state index in [4.69, 9.17) is 4.84 Å². The van der Waals surface area contributed by atoms with Crippen LogP contribution >= 0.6 is 0 Å². The molecule has 0 bridgehead atoms. The molecule has 1 amide bonds. The number of nitrogens with zero attached hydrogens (tertiary/aromatic N) is 1. The topological polar surface area (TPSA) is 65.6 Å². The molecule has 116 valence electrons. The van der Waals surface area contributed by atoms with E-state index in [9.17, 15) is 4.79 Å². The van der Waals surface area contributed by atoms with Gasteiger partial charge in [0.1, 0.15) is 6.04 Å². The fraction of sp³-hybridized carbons (Fsp3) is 0.533. The van der Waals surface area contributed by atoms with Crippen LogP contribution < -0.4 is 16.1 Å². The Balaban J connectivity index is 1.79. The number of hydrogen-bond donors (Lipinski definition) is 3. The highest BCUT2D eigenvalue weighted by Gasteiger charge is 2.23. The van der Waals surface area contributed by atoms with Crippen molar-refractivity contribution in [1.29, 1.82) is 0 Å². The fourth-order valence-electron chi connectivity index (χ4n) is 2.23. The second-order valence-corrected chi connectivity index (χ2v) is 5.19. The maximum Gasteiger partial charge on any atom is 0.262 e. The summed E-state index contributed by atoms with van der Waals surface area (Å²) in [6, 6.07) is 9.55. The molecule has 1 unspecified atom stereocenters. The lowest BCUT2D eigenvalue weighted by Gasteiger charge is -2.26. The lowest BCUT2D eigenvalue weighted by Crippen LogP contribution is -2.51. The first-order valence-corrected chi connectivity index (χ1v) is 7.34. The van der Waals surface area contributed by atoms with Crippen LogP contribution in [0.25, 0.3) is 0 Å². The lowest BCUT2D eigenvalue weighted by molar-refractivity contribution is -0.139. The van der Waals surface area contributed by atoms with E-state index in [1.165, 1.54) is 0 Å². The third-order valence-corrected chi connectivity index (χ3v) is 3.55. The van der Waals surface area contributed by atoms with Crippen LogP contribution in [-0.4, -0.2) is 56.6 Å². The third-order valence-electron chi connectivity index (χ3n) is 3.55. The normalized spacial score (nSPS) is 21.1. The molecule has 0 saturated carbocycles. The van der Waals surface area contributed by atoms with Crippen molar-refractivity contribution in [2.24, 2.45) is 0 Å². The Kier molecular flexibility index (Phi) is 6.62. The van der Waals surface area contributed by atoms with Gasteiger partial charge in [0.15, 0.2) is 0 Å². The minimum Gasteiger partial charge on any atom is -0.314 e. The van der Waals surface area contributed by atoms with E-state index in [0.29, 0.717) is 13.2 Å². The van der Waals surface area contributed by atoms with Crippen LogP contribution in [0.2, 0.25) is 0 Å². The zero-order valence-corrected chi connectivity index (χ0v) is 12.5. The molecule has 21 heavy (non-hydrogen) atoms. The second kappa shape index (κ2) is 8.74. The van der Waals surface area contributed by atoms with Crippen LogP contribution in [0.15, 0.2) is 30.3 Å². The van der Waals surface area contributed by atoms with Gasteiger partial charge in [-0.1, -0.05) is 30.3 Å². The summed E-state index contributed by atoms with van der Waals surface area (Å²) in [6.07, 6.45) is 0. The Labute approximate surface area is 125 Å². The molecule has 0 aromatic heterocycles. The molecule has 1 fully saturated rings. The summed E-state index contributed by atoms with van der Waals surface area (Å²) in [5, 5.41) is 6.59. The Morgan fingerprint density at radius 2 is 2.05 bits per heavy atom. The maximum absolute atomic E-state index is 12.2. The van der Waals surface area contributed by atoms with E-state index in [1.807, 2.05) is 42.3 Å². The van der Waals surface area contributed by atoms with Gasteiger partial charge in [-0.25, -0.2) is 5.48 Å². The van der Waals surface area contributed by atoms with E-state index in [0.717, 1.165) is 31.7 Å². The number of rotatable bonds is 4. The molecule has 0 radical (unpaired) electrons. The van der Waals surface area contributed by atoms with Gasteiger partial charge in [-0.3, -0.25) is 14.5 Å². The predicted octanol–water partition coefficient (Wildman–Crippen LogP) is -0.272. The number of amides is 1. The highest BCUT2D eigenvalue weighted by Crippen LogP contribution is 2.01. The quantitative estimate of drug-likeness (QED) is 0.667. The number of likely N-dealkylation sites (N-methyl/N-ethyl adjacent to an activating group) is 1. The lowest BCUT2D eigenvalue weighted by atomic mass is 10.2.